The van der Waals surface area contributed by atoms with Crippen LogP contribution in [0.1, 0.15) is 5.56 Å². The highest BCUT2D eigenvalue weighted by Gasteiger charge is 2.15. The van der Waals surface area contributed by atoms with Crippen LogP contribution in [0, 0.1) is 29.1 Å². The molecule has 0 aliphatic heterocycles. The standard InChI is InChI=1S/C14H8BrF3N2S/c1-6-2-13-11(5-8(6)16)19-14(21)20(13)12-3-7(15)9(17)4-10(12)18/h2-5H,1H3,(H,19,21). The fourth-order valence-corrected chi connectivity index (χ4v) is 2.79. The topological polar surface area (TPSA) is 20.7 Å². The molecule has 0 unspecified atom stereocenters. The van der Waals surface area contributed by atoms with Crippen molar-refractivity contribution in [3.63, 3.8) is 0 Å². The highest BCUT2D eigenvalue weighted by atomic mass is 79.9. The van der Waals surface area contributed by atoms with E-state index in [9.17, 15) is 13.2 Å². The first-order valence-corrected chi connectivity index (χ1v) is 7.14. The monoisotopic (exact) mass is 372 g/mol. The number of fused-ring (bicyclic) bond motifs is 1. The molecule has 2 nitrogen and oxygen atoms in total. The van der Waals surface area contributed by atoms with Crippen LogP contribution in [0.25, 0.3) is 16.7 Å². The van der Waals surface area contributed by atoms with Crippen LogP contribution in [0.3, 0.4) is 0 Å². The molecule has 3 rings (SSSR count). The van der Waals surface area contributed by atoms with Gasteiger partial charge in [-0.25, -0.2) is 13.2 Å². The van der Waals surface area contributed by atoms with E-state index in [0.29, 0.717) is 16.6 Å². The van der Waals surface area contributed by atoms with Crippen molar-refractivity contribution in [2.75, 3.05) is 0 Å². The highest BCUT2D eigenvalue weighted by molar-refractivity contribution is 9.10. The minimum Gasteiger partial charge on any atom is -0.330 e. The number of rotatable bonds is 1. The molecule has 0 bridgehead atoms. The van der Waals surface area contributed by atoms with Crippen molar-refractivity contribution in [3.8, 4) is 5.69 Å². The number of aryl methyl sites for hydroxylation is 1. The number of hydrogen-bond acceptors (Lipinski definition) is 1. The maximum Gasteiger partial charge on any atom is 0.182 e. The number of halogens is 4. The molecule has 0 spiro atoms. The molecule has 0 aliphatic carbocycles. The minimum atomic E-state index is -0.755. The third kappa shape index (κ3) is 2.30. The first kappa shape index (κ1) is 14.3. The number of imidazole rings is 1. The van der Waals surface area contributed by atoms with E-state index >= 15 is 0 Å². The van der Waals surface area contributed by atoms with Crippen LogP contribution < -0.4 is 0 Å². The molecule has 0 atom stereocenters. The molecule has 0 radical (unpaired) electrons. The van der Waals surface area contributed by atoms with E-state index in [1.807, 2.05) is 0 Å². The second kappa shape index (κ2) is 4.99. The first-order chi connectivity index (χ1) is 9.88. The molecular weight excluding hydrogens is 365 g/mol. The van der Waals surface area contributed by atoms with Crippen LogP contribution in [0.5, 0.6) is 0 Å². The normalized spacial score (nSPS) is 11.3. The van der Waals surface area contributed by atoms with Gasteiger partial charge in [-0.1, -0.05) is 0 Å². The average Bonchev–Trinajstić information content (AvgIpc) is 2.70. The summed E-state index contributed by atoms with van der Waals surface area (Å²) in [7, 11) is 0. The summed E-state index contributed by atoms with van der Waals surface area (Å²) in [4.78, 5) is 2.82. The Labute approximate surface area is 131 Å². The summed E-state index contributed by atoms with van der Waals surface area (Å²) < 4.78 is 42.7. The van der Waals surface area contributed by atoms with Crippen LogP contribution >= 0.6 is 28.1 Å². The smallest absolute Gasteiger partial charge is 0.182 e. The van der Waals surface area contributed by atoms with Crippen molar-refractivity contribution in [1.29, 1.82) is 0 Å². The highest BCUT2D eigenvalue weighted by Crippen LogP contribution is 2.27. The third-order valence-corrected chi connectivity index (χ3v) is 4.09. The number of H-pyrrole nitrogens is 1. The second-order valence-electron chi connectivity index (χ2n) is 4.60. The number of aromatic nitrogens is 2. The SMILES string of the molecule is Cc1cc2c(cc1F)[nH]c(=S)n2-c1cc(Br)c(F)cc1F. The predicted octanol–water partition coefficient (Wildman–Crippen LogP) is 5.18. The summed E-state index contributed by atoms with van der Waals surface area (Å²) in [5.74, 6) is -1.84. The van der Waals surface area contributed by atoms with E-state index in [-0.39, 0.29) is 20.7 Å². The van der Waals surface area contributed by atoms with Crippen molar-refractivity contribution < 1.29 is 13.2 Å². The molecule has 0 amide bonds. The molecule has 0 fully saturated rings. The van der Waals surface area contributed by atoms with Crippen LogP contribution in [-0.4, -0.2) is 9.55 Å². The van der Waals surface area contributed by atoms with Crippen LogP contribution in [0.15, 0.2) is 28.7 Å². The van der Waals surface area contributed by atoms with Gasteiger partial charge in [0.25, 0.3) is 0 Å². The molecule has 0 saturated heterocycles. The Morgan fingerprint density at radius 2 is 1.76 bits per heavy atom. The fourth-order valence-electron chi connectivity index (χ4n) is 2.15. The summed E-state index contributed by atoms with van der Waals surface area (Å²) in [5.41, 5.74) is 1.47. The van der Waals surface area contributed by atoms with Gasteiger partial charge in [-0.05, 0) is 58.8 Å². The average molecular weight is 373 g/mol. The fraction of sp³-hybridized carbons (Fsp3) is 0.0714. The summed E-state index contributed by atoms with van der Waals surface area (Å²) in [5, 5.41) is 0. The number of aromatic amines is 1. The number of hydrogen-bond donors (Lipinski definition) is 1. The Balaban J connectivity index is 2.40. The number of nitrogens with one attached hydrogen (secondary N) is 1. The van der Waals surface area contributed by atoms with E-state index in [2.05, 4.69) is 20.9 Å². The quantitative estimate of drug-likeness (QED) is 0.461. The lowest BCUT2D eigenvalue weighted by Crippen LogP contribution is -1.99. The Bertz CT molecular complexity index is 930. The summed E-state index contributed by atoms with van der Waals surface area (Å²) in [6, 6.07) is 4.93. The molecule has 21 heavy (non-hydrogen) atoms. The molecule has 0 saturated carbocycles. The van der Waals surface area contributed by atoms with Gasteiger partial charge in [-0.2, -0.15) is 0 Å². The molecular formula is C14H8BrF3N2S. The van der Waals surface area contributed by atoms with Gasteiger partial charge in [0.1, 0.15) is 17.5 Å². The van der Waals surface area contributed by atoms with E-state index in [0.717, 1.165) is 6.07 Å². The first-order valence-electron chi connectivity index (χ1n) is 5.94. The van der Waals surface area contributed by atoms with Gasteiger partial charge in [-0.3, -0.25) is 4.57 Å². The molecule has 1 aromatic heterocycles. The molecule has 108 valence electrons. The Hall–Kier alpha value is -1.60. The van der Waals surface area contributed by atoms with E-state index in [1.54, 1.807) is 13.0 Å². The van der Waals surface area contributed by atoms with Crippen molar-refractivity contribution in [2.45, 2.75) is 6.92 Å². The largest absolute Gasteiger partial charge is 0.330 e. The molecule has 1 heterocycles. The van der Waals surface area contributed by atoms with Crippen molar-refractivity contribution in [2.24, 2.45) is 0 Å². The molecule has 0 aliphatic rings. The van der Waals surface area contributed by atoms with E-state index in [4.69, 9.17) is 12.2 Å². The van der Waals surface area contributed by atoms with Crippen molar-refractivity contribution in [1.82, 2.24) is 9.55 Å². The zero-order valence-electron chi connectivity index (χ0n) is 10.7. The zero-order valence-corrected chi connectivity index (χ0v) is 13.1. The number of nitrogens with zero attached hydrogens (tertiary/aromatic N) is 1. The van der Waals surface area contributed by atoms with Gasteiger partial charge in [0.2, 0.25) is 0 Å². The lowest BCUT2D eigenvalue weighted by molar-refractivity contribution is 0.574. The molecule has 1 N–H and O–H groups in total. The van der Waals surface area contributed by atoms with Crippen LogP contribution in [0.4, 0.5) is 13.2 Å². The summed E-state index contributed by atoms with van der Waals surface area (Å²) in [6.07, 6.45) is 0. The van der Waals surface area contributed by atoms with E-state index < -0.39 is 11.6 Å². The van der Waals surface area contributed by atoms with Gasteiger partial charge in [0.15, 0.2) is 4.77 Å². The van der Waals surface area contributed by atoms with Gasteiger partial charge >= 0.3 is 0 Å². The Kier molecular flexibility index (Phi) is 3.41. The third-order valence-electron chi connectivity index (χ3n) is 3.19. The van der Waals surface area contributed by atoms with Gasteiger partial charge in [0, 0.05) is 6.07 Å². The maximum atomic E-state index is 14.1. The Morgan fingerprint density at radius 3 is 2.48 bits per heavy atom. The van der Waals surface area contributed by atoms with Gasteiger partial charge < -0.3 is 4.98 Å². The maximum absolute atomic E-state index is 14.1. The Morgan fingerprint density at radius 1 is 1.05 bits per heavy atom. The predicted molar refractivity (Wildman–Crippen MR) is 80.8 cm³/mol. The molecule has 2 aromatic carbocycles. The number of benzene rings is 2. The van der Waals surface area contributed by atoms with Gasteiger partial charge in [0.05, 0.1) is 21.2 Å². The minimum absolute atomic E-state index is 0.0885. The summed E-state index contributed by atoms with van der Waals surface area (Å²) in [6.45, 7) is 1.60. The molecule has 7 heteroatoms. The van der Waals surface area contributed by atoms with Crippen LogP contribution in [-0.2, 0) is 0 Å². The summed E-state index contributed by atoms with van der Waals surface area (Å²) >= 11 is 8.19. The molecule has 3 aromatic rings. The van der Waals surface area contributed by atoms with E-state index in [1.165, 1.54) is 16.7 Å². The van der Waals surface area contributed by atoms with Crippen molar-refractivity contribution in [3.05, 3.63) is 56.5 Å². The second-order valence-corrected chi connectivity index (χ2v) is 5.84. The zero-order chi connectivity index (χ0) is 15.3. The van der Waals surface area contributed by atoms with Gasteiger partial charge in [-0.15, -0.1) is 0 Å². The van der Waals surface area contributed by atoms with Crippen molar-refractivity contribution >= 4 is 39.2 Å². The van der Waals surface area contributed by atoms with Crippen LogP contribution in [0.2, 0.25) is 0 Å². The lowest BCUT2D eigenvalue weighted by Gasteiger charge is -2.08. The lowest BCUT2D eigenvalue weighted by atomic mass is 10.2.